The molecule has 0 bridgehead atoms. The van der Waals surface area contributed by atoms with Crippen LogP contribution in [0.1, 0.15) is 32.6 Å². The second kappa shape index (κ2) is 10.0. The molecule has 13 heteroatoms. The summed E-state index contributed by atoms with van der Waals surface area (Å²) in [6, 6.07) is 3.87. The number of methoxy groups -OCH3 is 1. The zero-order chi connectivity index (χ0) is 24.2. The maximum Gasteiger partial charge on any atom is 0.417 e. The van der Waals surface area contributed by atoms with Crippen LogP contribution in [-0.4, -0.2) is 68.3 Å². The lowest BCUT2D eigenvalue weighted by molar-refractivity contribution is -0.255. The number of hydrogen-bond acceptors (Lipinski definition) is 7. The molecule has 2 N–H and O–H groups in total. The van der Waals surface area contributed by atoms with Crippen molar-refractivity contribution in [2.45, 2.75) is 49.3 Å². The first-order chi connectivity index (χ1) is 14.8. The average Bonchev–Trinajstić information content (AvgIpc) is 2.71. The van der Waals surface area contributed by atoms with Crippen LogP contribution in [-0.2, 0) is 24.3 Å². The Hall–Kier alpha value is -2.38. The number of nitrogens with one attached hydrogen (secondary N) is 1. The smallest absolute Gasteiger partial charge is 0.417 e. The summed E-state index contributed by atoms with van der Waals surface area (Å²) in [5.74, 6) is -2.24. The molecule has 1 unspecified atom stereocenters. The standard InChI is InChI=1S/C19H25F3N2O7S/c1-18(27,19(20,21)22)11-17(26)31-12-16(25)23-14-10-13(6-7-15(14)30-2)32(28,29)24-8-4-3-5-9-24/h6-7,10,27H,3-5,8-9,11-12H2,1-2H3,(H,23,25). The molecule has 0 saturated carbocycles. The number of amides is 1. The molecule has 0 spiro atoms. The van der Waals surface area contributed by atoms with Crippen LogP contribution >= 0.6 is 0 Å². The van der Waals surface area contributed by atoms with E-state index in [0.717, 1.165) is 19.3 Å². The highest BCUT2D eigenvalue weighted by atomic mass is 32.2. The van der Waals surface area contributed by atoms with Crippen molar-refractivity contribution in [3.63, 3.8) is 0 Å². The number of piperidine rings is 1. The summed E-state index contributed by atoms with van der Waals surface area (Å²) >= 11 is 0. The molecule has 0 aromatic heterocycles. The van der Waals surface area contributed by atoms with E-state index in [9.17, 15) is 36.3 Å². The molecule has 2 rings (SSSR count). The van der Waals surface area contributed by atoms with Gasteiger partial charge in [-0.15, -0.1) is 0 Å². The van der Waals surface area contributed by atoms with E-state index in [0.29, 0.717) is 20.0 Å². The zero-order valence-corrected chi connectivity index (χ0v) is 18.4. The Morgan fingerprint density at radius 2 is 1.81 bits per heavy atom. The summed E-state index contributed by atoms with van der Waals surface area (Å²) in [5.41, 5.74) is -3.32. The zero-order valence-electron chi connectivity index (χ0n) is 17.6. The molecule has 32 heavy (non-hydrogen) atoms. The molecular weight excluding hydrogens is 457 g/mol. The Morgan fingerprint density at radius 3 is 2.38 bits per heavy atom. The van der Waals surface area contributed by atoms with E-state index < -0.39 is 46.7 Å². The minimum Gasteiger partial charge on any atom is -0.495 e. The molecule has 1 aliphatic rings. The number of anilines is 1. The number of carbonyl (C=O) groups is 2. The van der Waals surface area contributed by atoms with Gasteiger partial charge in [-0.1, -0.05) is 6.42 Å². The van der Waals surface area contributed by atoms with Crippen LogP contribution in [0.5, 0.6) is 5.75 Å². The minimum absolute atomic E-state index is 0.0195. The monoisotopic (exact) mass is 482 g/mol. The van der Waals surface area contributed by atoms with Gasteiger partial charge in [0.25, 0.3) is 5.91 Å². The van der Waals surface area contributed by atoms with Crippen molar-refractivity contribution in [3.05, 3.63) is 18.2 Å². The average molecular weight is 482 g/mol. The lowest BCUT2D eigenvalue weighted by Crippen LogP contribution is -2.44. The molecule has 180 valence electrons. The van der Waals surface area contributed by atoms with Gasteiger partial charge in [-0.25, -0.2) is 8.42 Å². The van der Waals surface area contributed by atoms with Crippen LogP contribution in [0.4, 0.5) is 18.9 Å². The molecular formula is C19H25F3N2O7S. The number of benzene rings is 1. The van der Waals surface area contributed by atoms with Crippen molar-refractivity contribution in [3.8, 4) is 5.75 Å². The molecule has 1 aliphatic heterocycles. The van der Waals surface area contributed by atoms with Crippen molar-refractivity contribution in [2.24, 2.45) is 0 Å². The Kier molecular flexibility index (Phi) is 8.12. The quantitative estimate of drug-likeness (QED) is 0.544. The molecule has 1 aromatic rings. The van der Waals surface area contributed by atoms with Gasteiger partial charge in [-0.2, -0.15) is 17.5 Å². The number of halogens is 3. The van der Waals surface area contributed by atoms with Gasteiger partial charge < -0.3 is 19.9 Å². The van der Waals surface area contributed by atoms with Crippen LogP contribution in [0, 0.1) is 0 Å². The van der Waals surface area contributed by atoms with Gasteiger partial charge in [0.05, 0.1) is 24.1 Å². The molecule has 1 amide bonds. The van der Waals surface area contributed by atoms with E-state index in [1.807, 2.05) is 0 Å². The molecule has 1 heterocycles. The molecule has 1 saturated heterocycles. The predicted molar refractivity (Wildman–Crippen MR) is 106 cm³/mol. The topological polar surface area (TPSA) is 122 Å². The number of alkyl halides is 3. The third-order valence-electron chi connectivity index (χ3n) is 4.86. The first-order valence-electron chi connectivity index (χ1n) is 9.71. The van der Waals surface area contributed by atoms with Crippen LogP contribution in [0.25, 0.3) is 0 Å². The molecule has 1 atom stereocenters. The minimum atomic E-state index is -5.05. The summed E-state index contributed by atoms with van der Waals surface area (Å²) in [6.45, 7) is 0.230. The summed E-state index contributed by atoms with van der Waals surface area (Å²) in [7, 11) is -2.50. The van der Waals surface area contributed by atoms with Gasteiger partial charge >= 0.3 is 12.1 Å². The molecule has 9 nitrogen and oxygen atoms in total. The SMILES string of the molecule is COc1ccc(S(=O)(=O)N2CCCCC2)cc1NC(=O)COC(=O)CC(C)(O)C(F)(F)F. The van der Waals surface area contributed by atoms with Crippen LogP contribution in [0.15, 0.2) is 23.1 Å². The number of carbonyl (C=O) groups excluding carboxylic acids is 2. The van der Waals surface area contributed by atoms with Crippen LogP contribution in [0.3, 0.4) is 0 Å². The number of aliphatic hydroxyl groups is 1. The Balaban J connectivity index is 2.07. The Morgan fingerprint density at radius 1 is 1.19 bits per heavy atom. The van der Waals surface area contributed by atoms with E-state index >= 15 is 0 Å². The van der Waals surface area contributed by atoms with Gasteiger partial charge in [0, 0.05) is 13.1 Å². The van der Waals surface area contributed by atoms with Crippen LogP contribution in [0.2, 0.25) is 0 Å². The number of rotatable bonds is 8. The maximum absolute atomic E-state index is 12.8. The first kappa shape index (κ1) is 25.9. The summed E-state index contributed by atoms with van der Waals surface area (Å²) in [5, 5.41) is 11.6. The lowest BCUT2D eigenvalue weighted by atomic mass is 10.0. The largest absolute Gasteiger partial charge is 0.495 e. The van der Waals surface area contributed by atoms with E-state index in [1.165, 1.54) is 29.6 Å². The third kappa shape index (κ3) is 6.33. The second-order valence-corrected chi connectivity index (χ2v) is 9.42. The summed E-state index contributed by atoms with van der Waals surface area (Å²) in [6.07, 6.45) is -4.02. The van der Waals surface area contributed by atoms with E-state index in [1.54, 1.807) is 0 Å². The number of hydrogen-bond donors (Lipinski definition) is 2. The highest BCUT2D eigenvalue weighted by Gasteiger charge is 2.51. The number of ether oxygens (including phenoxy) is 2. The number of nitrogens with zero attached hydrogens (tertiary/aromatic N) is 1. The van der Waals surface area contributed by atoms with Crippen molar-refractivity contribution >= 4 is 27.6 Å². The number of esters is 1. The van der Waals surface area contributed by atoms with Crippen molar-refractivity contribution < 1.29 is 45.8 Å². The molecule has 1 fully saturated rings. The maximum atomic E-state index is 12.8. The molecule has 1 aromatic carbocycles. The molecule has 0 aliphatic carbocycles. The van der Waals surface area contributed by atoms with E-state index in [-0.39, 0.29) is 16.3 Å². The fourth-order valence-corrected chi connectivity index (χ4v) is 4.51. The molecule has 0 radical (unpaired) electrons. The van der Waals surface area contributed by atoms with Gasteiger partial charge in [0.1, 0.15) is 5.75 Å². The number of sulfonamides is 1. The summed E-state index contributed by atoms with van der Waals surface area (Å²) < 4.78 is 74.5. The predicted octanol–water partition coefficient (Wildman–Crippen LogP) is 2.05. The van der Waals surface area contributed by atoms with E-state index in [4.69, 9.17) is 4.74 Å². The van der Waals surface area contributed by atoms with Gasteiger partial charge in [-0.3, -0.25) is 9.59 Å². The fourth-order valence-electron chi connectivity index (χ4n) is 2.96. The van der Waals surface area contributed by atoms with Gasteiger partial charge in [-0.05, 0) is 38.0 Å². The van der Waals surface area contributed by atoms with Crippen molar-refractivity contribution in [1.29, 1.82) is 0 Å². The van der Waals surface area contributed by atoms with Gasteiger partial charge in [0.15, 0.2) is 12.2 Å². The lowest BCUT2D eigenvalue weighted by Gasteiger charge is -2.26. The third-order valence-corrected chi connectivity index (χ3v) is 6.76. The summed E-state index contributed by atoms with van der Waals surface area (Å²) in [4.78, 5) is 23.6. The normalized spacial score (nSPS) is 17.3. The fraction of sp³-hybridized carbons (Fsp3) is 0.579. The Bertz CT molecular complexity index is 943. The van der Waals surface area contributed by atoms with Gasteiger partial charge in [0.2, 0.25) is 10.0 Å². The van der Waals surface area contributed by atoms with Crippen LogP contribution < -0.4 is 10.1 Å². The van der Waals surface area contributed by atoms with Crippen molar-refractivity contribution in [2.75, 3.05) is 32.1 Å². The van der Waals surface area contributed by atoms with Crippen molar-refractivity contribution in [1.82, 2.24) is 4.31 Å². The van der Waals surface area contributed by atoms with E-state index in [2.05, 4.69) is 10.1 Å². The highest BCUT2D eigenvalue weighted by molar-refractivity contribution is 7.89. The highest BCUT2D eigenvalue weighted by Crippen LogP contribution is 2.33. The Labute approximate surface area is 183 Å². The second-order valence-electron chi connectivity index (χ2n) is 7.48. The first-order valence-corrected chi connectivity index (χ1v) is 11.1.